The smallest absolute Gasteiger partial charge is 0.164 e. The Morgan fingerprint density at radius 3 is 2.11 bits per heavy atom. The van der Waals surface area contributed by atoms with Crippen molar-refractivity contribution in [1.82, 2.24) is 0 Å². The van der Waals surface area contributed by atoms with Crippen LogP contribution in [0.3, 0.4) is 0 Å². The van der Waals surface area contributed by atoms with Crippen LogP contribution in [0.25, 0.3) is 0 Å². The number of hydrogen-bond acceptors (Lipinski definition) is 1. The summed E-state index contributed by atoms with van der Waals surface area (Å²) in [6, 6.07) is 19.0. The number of rotatable bonds is 4. The Morgan fingerprint density at radius 2 is 1.56 bits per heavy atom. The van der Waals surface area contributed by atoms with E-state index in [4.69, 9.17) is 6.42 Å². The fourth-order valence-electron chi connectivity index (χ4n) is 1.89. The topological polar surface area (TPSA) is 17.1 Å². The minimum Gasteiger partial charge on any atom is -0.294 e. The van der Waals surface area contributed by atoms with Gasteiger partial charge < -0.3 is 0 Å². The molecule has 0 aliphatic heterocycles. The van der Waals surface area contributed by atoms with Gasteiger partial charge in [0.2, 0.25) is 0 Å². The van der Waals surface area contributed by atoms with Gasteiger partial charge in [-0.05, 0) is 5.56 Å². The van der Waals surface area contributed by atoms with Crippen molar-refractivity contribution in [2.75, 3.05) is 0 Å². The molecule has 1 nitrogen and oxygen atoms in total. The van der Waals surface area contributed by atoms with Crippen LogP contribution in [-0.4, -0.2) is 5.78 Å². The van der Waals surface area contributed by atoms with Crippen LogP contribution in [0.1, 0.15) is 28.3 Å². The minimum absolute atomic E-state index is 0.0856. The van der Waals surface area contributed by atoms with Gasteiger partial charge in [-0.15, -0.1) is 6.42 Å². The zero-order chi connectivity index (χ0) is 12.8. The molecule has 18 heavy (non-hydrogen) atoms. The lowest BCUT2D eigenvalue weighted by molar-refractivity contribution is 0.0979. The van der Waals surface area contributed by atoms with Gasteiger partial charge in [-0.3, -0.25) is 4.79 Å². The molecule has 2 aromatic carbocycles. The SMILES string of the molecule is C#CC(CC(=O)c1ccccc1)c1ccccc1. The maximum Gasteiger partial charge on any atom is 0.164 e. The lowest BCUT2D eigenvalue weighted by Gasteiger charge is -2.10. The predicted octanol–water partition coefficient (Wildman–Crippen LogP) is 3.68. The van der Waals surface area contributed by atoms with E-state index in [1.165, 1.54) is 0 Å². The molecule has 0 saturated carbocycles. The number of carbonyl (C=O) groups excluding carboxylic acids is 1. The summed E-state index contributed by atoms with van der Waals surface area (Å²) in [6.07, 6.45) is 5.88. The lowest BCUT2D eigenvalue weighted by atomic mass is 9.92. The molecule has 0 radical (unpaired) electrons. The first-order chi connectivity index (χ1) is 8.81. The average molecular weight is 234 g/mol. The third kappa shape index (κ3) is 2.87. The Hall–Kier alpha value is -2.33. The molecule has 1 unspecified atom stereocenters. The van der Waals surface area contributed by atoms with E-state index in [0.29, 0.717) is 12.0 Å². The Kier molecular flexibility index (Phi) is 3.94. The van der Waals surface area contributed by atoms with Gasteiger partial charge in [-0.25, -0.2) is 0 Å². The van der Waals surface area contributed by atoms with E-state index < -0.39 is 0 Å². The second-order valence-electron chi connectivity index (χ2n) is 4.12. The highest BCUT2D eigenvalue weighted by atomic mass is 16.1. The normalized spacial score (nSPS) is 11.5. The molecule has 1 atom stereocenters. The predicted molar refractivity (Wildman–Crippen MR) is 73.4 cm³/mol. The third-order valence-corrected chi connectivity index (χ3v) is 2.89. The van der Waals surface area contributed by atoms with Crippen LogP contribution in [0.2, 0.25) is 0 Å². The molecule has 0 heterocycles. The van der Waals surface area contributed by atoms with Crippen LogP contribution in [0.15, 0.2) is 60.7 Å². The molecule has 2 aromatic rings. The first-order valence-corrected chi connectivity index (χ1v) is 5.90. The van der Waals surface area contributed by atoms with Crippen LogP contribution in [0.4, 0.5) is 0 Å². The van der Waals surface area contributed by atoms with Crippen molar-refractivity contribution in [2.24, 2.45) is 0 Å². The van der Waals surface area contributed by atoms with E-state index >= 15 is 0 Å². The second kappa shape index (κ2) is 5.84. The van der Waals surface area contributed by atoms with Crippen LogP contribution in [0, 0.1) is 12.3 Å². The highest BCUT2D eigenvalue weighted by Crippen LogP contribution is 2.20. The van der Waals surface area contributed by atoms with Crippen molar-refractivity contribution in [1.29, 1.82) is 0 Å². The molecule has 0 spiro atoms. The van der Waals surface area contributed by atoms with Crippen LogP contribution < -0.4 is 0 Å². The van der Waals surface area contributed by atoms with Gasteiger partial charge in [0.05, 0.1) is 5.92 Å². The Morgan fingerprint density at radius 1 is 1.00 bits per heavy atom. The molecular formula is C17H14O. The van der Waals surface area contributed by atoms with Crippen LogP contribution in [-0.2, 0) is 0 Å². The standard InChI is InChI=1S/C17H14O/c1-2-14(15-9-5-3-6-10-15)13-17(18)16-11-7-4-8-12-16/h1,3-12,14H,13H2. The largest absolute Gasteiger partial charge is 0.294 e. The first-order valence-electron chi connectivity index (χ1n) is 5.90. The van der Waals surface area contributed by atoms with Crippen molar-refractivity contribution >= 4 is 5.78 Å². The van der Waals surface area contributed by atoms with Crippen LogP contribution >= 0.6 is 0 Å². The Balaban J connectivity index is 2.14. The molecule has 0 bridgehead atoms. The van der Waals surface area contributed by atoms with E-state index in [0.717, 1.165) is 5.56 Å². The fraction of sp³-hybridized carbons (Fsp3) is 0.118. The average Bonchev–Trinajstić information content (AvgIpc) is 2.46. The lowest BCUT2D eigenvalue weighted by Crippen LogP contribution is -2.06. The first kappa shape index (κ1) is 12.1. The van der Waals surface area contributed by atoms with Gasteiger partial charge >= 0.3 is 0 Å². The van der Waals surface area contributed by atoms with E-state index in [-0.39, 0.29) is 11.7 Å². The minimum atomic E-state index is -0.154. The van der Waals surface area contributed by atoms with Gasteiger partial charge in [0, 0.05) is 12.0 Å². The van der Waals surface area contributed by atoms with E-state index in [9.17, 15) is 4.79 Å². The van der Waals surface area contributed by atoms with Gasteiger partial charge in [-0.1, -0.05) is 66.6 Å². The molecule has 0 amide bonds. The fourth-order valence-corrected chi connectivity index (χ4v) is 1.89. The maximum absolute atomic E-state index is 12.1. The van der Waals surface area contributed by atoms with E-state index in [1.807, 2.05) is 60.7 Å². The van der Waals surface area contributed by atoms with Crippen molar-refractivity contribution < 1.29 is 4.79 Å². The summed E-state index contributed by atoms with van der Waals surface area (Å²) in [4.78, 5) is 12.1. The molecule has 88 valence electrons. The number of Topliss-reactive ketones (excluding diaryl/α,β-unsaturated/α-hetero) is 1. The van der Waals surface area contributed by atoms with Crippen molar-refractivity contribution in [3.63, 3.8) is 0 Å². The number of carbonyl (C=O) groups is 1. The van der Waals surface area contributed by atoms with Gasteiger partial charge in [-0.2, -0.15) is 0 Å². The summed E-state index contributed by atoms with van der Waals surface area (Å²) >= 11 is 0. The van der Waals surface area contributed by atoms with Gasteiger partial charge in [0.15, 0.2) is 5.78 Å². The number of hydrogen-bond donors (Lipinski definition) is 0. The molecule has 0 saturated heterocycles. The highest BCUT2D eigenvalue weighted by molar-refractivity contribution is 5.96. The second-order valence-corrected chi connectivity index (χ2v) is 4.12. The third-order valence-electron chi connectivity index (χ3n) is 2.89. The monoisotopic (exact) mass is 234 g/mol. The number of terminal acetylenes is 1. The molecule has 0 aromatic heterocycles. The molecule has 1 heteroatoms. The summed E-state index contributed by atoms with van der Waals surface area (Å²) < 4.78 is 0. The van der Waals surface area contributed by atoms with E-state index in [1.54, 1.807) is 0 Å². The van der Waals surface area contributed by atoms with Crippen molar-refractivity contribution in [3.05, 3.63) is 71.8 Å². The molecule has 0 fully saturated rings. The summed E-state index contributed by atoms with van der Waals surface area (Å²) in [6.45, 7) is 0. The zero-order valence-corrected chi connectivity index (χ0v) is 10.0. The molecule has 0 aliphatic rings. The number of ketones is 1. The van der Waals surface area contributed by atoms with Crippen LogP contribution in [0.5, 0.6) is 0 Å². The van der Waals surface area contributed by atoms with Crippen molar-refractivity contribution in [3.8, 4) is 12.3 Å². The molecule has 0 N–H and O–H groups in total. The quantitative estimate of drug-likeness (QED) is 0.582. The Bertz CT molecular complexity index is 549. The van der Waals surface area contributed by atoms with Gasteiger partial charge in [0.25, 0.3) is 0 Å². The molecule has 0 aliphatic carbocycles. The van der Waals surface area contributed by atoms with Gasteiger partial charge in [0.1, 0.15) is 0 Å². The molecule has 2 rings (SSSR count). The summed E-state index contributed by atoms with van der Waals surface area (Å²) in [5, 5.41) is 0. The Labute approximate surface area is 107 Å². The molecular weight excluding hydrogens is 220 g/mol. The summed E-state index contributed by atoms with van der Waals surface area (Å²) in [7, 11) is 0. The zero-order valence-electron chi connectivity index (χ0n) is 10.0. The maximum atomic E-state index is 12.1. The van der Waals surface area contributed by atoms with E-state index in [2.05, 4.69) is 5.92 Å². The summed E-state index contributed by atoms with van der Waals surface area (Å²) in [5.41, 5.74) is 1.73. The number of benzene rings is 2. The highest BCUT2D eigenvalue weighted by Gasteiger charge is 2.14. The van der Waals surface area contributed by atoms with Crippen molar-refractivity contribution in [2.45, 2.75) is 12.3 Å². The summed E-state index contributed by atoms with van der Waals surface area (Å²) in [5.74, 6) is 2.63.